The Balaban J connectivity index is 1.96. The zero-order valence-electron chi connectivity index (χ0n) is 11.7. The van der Waals surface area contributed by atoms with Gasteiger partial charge in [-0.25, -0.2) is 8.78 Å². The molecule has 1 saturated heterocycles. The minimum absolute atomic E-state index is 0.233. The number of nitrogens with one attached hydrogen (secondary N) is 1. The van der Waals surface area contributed by atoms with Crippen molar-refractivity contribution in [1.82, 2.24) is 10.2 Å². The first-order valence-corrected chi connectivity index (χ1v) is 7.09. The van der Waals surface area contributed by atoms with Crippen LogP contribution in [0.15, 0.2) is 18.2 Å². The molecule has 1 atom stereocenters. The van der Waals surface area contributed by atoms with Crippen LogP contribution in [0.2, 0.25) is 0 Å². The molecular weight excluding hydrogens is 262 g/mol. The number of halogens is 2. The lowest BCUT2D eigenvalue weighted by Gasteiger charge is -2.34. The third-order valence-electron chi connectivity index (χ3n) is 3.83. The van der Waals surface area contributed by atoms with Crippen LogP contribution in [0.3, 0.4) is 0 Å². The summed E-state index contributed by atoms with van der Waals surface area (Å²) < 4.78 is 26.6. The van der Waals surface area contributed by atoms with E-state index in [0.717, 1.165) is 44.1 Å². The molecule has 0 spiro atoms. The summed E-state index contributed by atoms with van der Waals surface area (Å²) in [5.41, 5.74) is -0.233. The van der Waals surface area contributed by atoms with E-state index >= 15 is 0 Å². The van der Waals surface area contributed by atoms with Crippen LogP contribution in [-0.4, -0.2) is 36.5 Å². The van der Waals surface area contributed by atoms with E-state index < -0.39 is 17.5 Å². The first-order valence-electron chi connectivity index (χ1n) is 7.09. The summed E-state index contributed by atoms with van der Waals surface area (Å²) in [6.07, 6.45) is 3.35. The van der Waals surface area contributed by atoms with E-state index in [4.69, 9.17) is 0 Å². The molecule has 1 aliphatic rings. The summed E-state index contributed by atoms with van der Waals surface area (Å²) in [5.74, 6) is -1.85. The first kappa shape index (κ1) is 14.9. The van der Waals surface area contributed by atoms with Crippen LogP contribution in [0.1, 0.15) is 36.5 Å². The van der Waals surface area contributed by atoms with Crippen molar-refractivity contribution in [2.75, 3.05) is 19.6 Å². The molecule has 20 heavy (non-hydrogen) atoms. The molecular formula is C15H20F2N2O. The number of carbonyl (C=O) groups is 1. The largest absolute Gasteiger partial charge is 0.350 e. The van der Waals surface area contributed by atoms with Crippen LogP contribution in [-0.2, 0) is 0 Å². The summed E-state index contributed by atoms with van der Waals surface area (Å²) in [4.78, 5) is 14.2. The van der Waals surface area contributed by atoms with Gasteiger partial charge in [-0.1, -0.05) is 13.3 Å². The second kappa shape index (κ2) is 6.79. The van der Waals surface area contributed by atoms with E-state index in [0.29, 0.717) is 6.54 Å². The zero-order chi connectivity index (χ0) is 14.5. The molecule has 1 heterocycles. The Labute approximate surface area is 118 Å². The third kappa shape index (κ3) is 3.54. The second-order valence-corrected chi connectivity index (χ2v) is 5.11. The van der Waals surface area contributed by atoms with Gasteiger partial charge in [0.15, 0.2) is 0 Å². The predicted octanol–water partition coefficient (Wildman–Crippen LogP) is 2.57. The number of amides is 1. The third-order valence-corrected chi connectivity index (χ3v) is 3.83. The van der Waals surface area contributed by atoms with Gasteiger partial charge in [0.1, 0.15) is 11.6 Å². The number of hydrogen-bond acceptors (Lipinski definition) is 2. The number of piperidine rings is 1. The summed E-state index contributed by atoms with van der Waals surface area (Å²) >= 11 is 0. The minimum Gasteiger partial charge on any atom is -0.350 e. The Morgan fingerprint density at radius 3 is 2.95 bits per heavy atom. The van der Waals surface area contributed by atoms with Crippen molar-refractivity contribution in [2.24, 2.45) is 0 Å². The lowest BCUT2D eigenvalue weighted by molar-refractivity contribution is 0.0913. The Kier molecular flexibility index (Phi) is 5.06. The van der Waals surface area contributed by atoms with Crippen molar-refractivity contribution in [3.05, 3.63) is 35.4 Å². The van der Waals surface area contributed by atoms with Gasteiger partial charge in [-0.05, 0) is 44.1 Å². The predicted molar refractivity (Wildman–Crippen MR) is 73.6 cm³/mol. The molecule has 2 rings (SSSR count). The molecule has 1 aromatic rings. The topological polar surface area (TPSA) is 32.3 Å². The van der Waals surface area contributed by atoms with Crippen LogP contribution in [0.5, 0.6) is 0 Å². The summed E-state index contributed by atoms with van der Waals surface area (Å²) in [5, 5.41) is 2.71. The lowest BCUT2D eigenvalue weighted by atomic mass is 10.0. The van der Waals surface area contributed by atoms with Crippen LogP contribution in [0.4, 0.5) is 8.78 Å². The van der Waals surface area contributed by atoms with Gasteiger partial charge in [0, 0.05) is 12.6 Å². The molecule has 1 amide bonds. The maximum atomic E-state index is 13.5. The number of benzene rings is 1. The SMILES string of the molecule is CCN1CCCCC1CNC(=O)c1cc(F)ccc1F. The molecule has 1 N–H and O–H groups in total. The maximum Gasteiger partial charge on any atom is 0.254 e. The van der Waals surface area contributed by atoms with Gasteiger partial charge < -0.3 is 5.32 Å². The monoisotopic (exact) mass is 282 g/mol. The fourth-order valence-electron chi connectivity index (χ4n) is 2.68. The number of carbonyl (C=O) groups excluding carboxylic acids is 1. The van der Waals surface area contributed by atoms with E-state index in [2.05, 4.69) is 17.1 Å². The first-order chi connectivity index (χ1) is 9.61. The van der Waals surface area contributed by atoms with E-state index in [-0.39, 0.29) is 11.6 Å². The van der Waals surface area contributed by atoms with Gasteiger partial charge in [-0.3, -0.25) is 9.69 Å². The molecule has 0 bridgehead atoms. The van der Waals surface area contributed by atoms with Crippen molar-refractivity contribution >= 4 is 5.91 Å². The highest BCUT2D eigenvalue weighted by Gasteiger charge is 2.22. The minimum atomic E-state index is -0.695. The van der Waals surface area contributed by atoms with E-state index in [1.54, 1.807) is 0 Å². The lowest BCUT2D eigenvalue weighted by Crippen LogP contribution is -2.46. The zero-order valence-corrected chi connectivity index (χ0v) is 11.7. The van der Waals surface area contributed by atoms with E-state index in [9.17, 15) is 13.6 Å². The smallest absolute Gasteiger partial charge is 0.254 e. The average molecular weight is 282 g/mol. The molecule has 1 unspecified atom stereocenters. The van der Waals surface area contributed by atoms with Crippen molar-refractivity contribution in [2.45, 2.75) is 32.2 Å². The van der Waals surface area contributed by atoms with Crippen LogP contribution >= 0.6 is 0 Å². The highest BCUT2D eigenvalue weighted by atomic mass is 19.1. The summed E-state index contributed by atoms with van der Waals surface area (Å²) in [6, 6.07) is 3.20. The highest BCUT2D eigenvalue weighted by Crippen LogP contribution is 2.16. The Hall–Kier alpha value is -1.49. The number of likely N-dealkylation sites (tertiary alicyclic amines) is 1. The maximum absolute atomic E-state index is 13.5. The molecule has 110 valence electrons. The molecule has 5 heteroatoms. The highest BCUT2D eigenvalue weighted by molar-refractivity contribution is 5.94. The van der Waals surface area contributed by atoms with Gasteiger partial charge in [0.05, 0.1) is 5.56 Å². The van der Waals surface area contributed by atoms with Gasteiger partial charge in [0.25, 0.3) is 5.91 Å². The van der Waals surface area contributed by atoms with Crippen LogP contribution in [0.25, 0.3) is 0 Å². The van der Waals surface area contributed by atoms with Crippen molar-refractivity contribution in [1.29, 1.82) is 0 Å². The van der Waals surface area contributed by atoms with Crippen molar-refractivity contribution in [3.8, 4) is 0 Å². The van der Waals surface area contributed by atoms with E-state index in [1.807, 2.05) is 0 Å². The molecule has 1 aromatic carbocycles. The van der Waals surface area contributed by atoms with Gasteiger partial charge >= 0.3 is 0 Å². The fraction of sp³-hybridized carbons (Fsp3) is 0.533. The summed E-state index contributed by atoms with van der Waals surface area (Å²) in [6.45, 7) is 4.54. The second-order valence-electron chi connectivity index (χ2n) is 5.11. The molecule has 3 nitrogen and oxygen atoms in total. The molecule has 0 aromatic heterocycles. The number of hydrogen-bond donors (Lipinski definition) is 1. The Morgan fingerprint density at radius 1 is 1.40 bits per heavy atom. The molecule has 0 aliphatic carbocycles. The van der Waals surface area contributed by atoms with Gasteiger partial charge in [-0.15, -0.1) is 0 Å². The number of likely N-dealkylation sites (N-methyl/N-ethyl adjacent to an activating group) is 1. The Bertz CT molecular complexity index is 479. The quantitative estimate of drug-likeness (QED) is 0.920. The average Bonchev–Trinajstić information content (AvgIpc) is 2.47. The van der Waals surface area contributed by atoms with Crippen molar-refractivity contribution < 1.29 is 13.6 Å². The molecule has 1 fully saturated rings. The standard InChI is InChI=1S/C15H20F2N2O/c1-2-19-8-4-3-5-12(19)10-18-15(20)13-9-11(16)6-7-14(13)17/h6-7,9,12H,2-5,8,10H2,1H3,(H,18,20). The van der Waals surface area contributed by atoms with Crippen LogP contribution < -0.4 is 5.32 Å². The van der Waals surface area contributed by atoms with Gasteiger partial charge in [0.2, 0.25) is 0 Å². The number of nitrogens with zero attached hydrogens (tertiary/aromatic N) is 1. The summed E-state index contributed by atoms with van der Waals surface area (Å²) in [7, 11) is 0. The number of rotatable bonds is 4. The van der Waals surface area contributed by atoms with Crippen LogP contribution in [0, 0.1) is 11.6 Å². The van der Waals surface area contributed by atoms with Crippen molar-refractivity contribution in [3.63, 3.8) is 0 Å². The molecule has 0 saturated carbocycles. The molecule has 0 radical (unpaired) electrons. The fourth-order valence-corrected chi connectivity index (χ4v) is 2.68. The van der Waals surface area contributed by atoms with E-state index in [1.165, 1.54) is 6.42 Å². The molecule has 1 aliphatic heterocycles. The Morgan fingerprint density at radius 2 is 2.20 bits per heavy atom. The normalized spacial score (nSPS) is 19.9. The van der Waals surface area contributed by atoms with Gasteiger partial charge in [-0.2, -0.15) is 0 Å².